The second-order valence-electron chi connectivity index (χ2n) is 6.61. The van der Waals surface area contributed by atoms with Crippen LogP contribution in [-0.2, 0) is 0 Å². The molecule has 174 valence electrons. The number of para-hydroxylation sites is 2. The number of H-pyrrole nitrogens is 4. The van der Waals surface area contributed by atoms with Crippen LogP contribution in [0.2, 0.25) is 0 Å². The van der Waals surface area contributed by atoms with Gasteiger partial charge >= 0.3 is 22.8 Å². The summed E-state index contributed by atoms with van der Waals surface area (Å²) in [6, 6.07) is 13.9. The average Bonchev–Trinajstić information content (AvgIpc) is 3.34. The minimum Gasteiger partial charge on any atom is -0.489 e. The molecule has 14 heteroatoms. The number of nitrogens with zero attached hydrogens (tertiary/aromatic N) is 4. The third kappa shape index (κ3) is 5.01. The van der Waals surface area contributed by atoms with Crippen molar-refractivity contribution in [1.29, 1.82) is 0 Å². The Morgan fingerprint density at radius 1 is 0.618 bits per heavy atom. The summed E-state index contributed by atoms with van der Waals surface area (Å²) in [4.78, 5) is 46.1. The van der Waals surface area contributed by atoms with Crippen LogP contribution in [0.1, 0.15) is 11.1 Å². The molecule has 2 aromatic heterocycles. The fourth-order valence-electron chi connectivity index (χ4n) is 2.80. The van der Waals surface area contributed by atoms with E-state index in [2.05, 4.69) is 30.6 Å². The van der Waals surface area contributed by atoms with Gasteiger partial charge in [0.1, 0.15) is 24.7 Å². The molecule has 2 heterocycles. The third-order valence-corrected chi connectivity index (χ3v) is 4.38. The highest BCUT2D eigenvalue weighted by Gasteiger charge is 2.06. The molecule has 0 atom stereocenters. The van der Waals surface area contributed by atoms with Gasteiger partial charge in [-0.15, -0.1) is 9.35 Å². The number of rotatable bonds is 9. The van der Waals surface area contributed by atoms with Gasteiger partial charge in [-0.25, -0.2) is 39.6 Å². The quantitative estimate of drug-likeness (QED) is 0.186. The molecule has 4 rings (SSSR count). The highest BCUT2D eigenvalue weighted by atomic mass is 16.5. The summed E-state index contributed by atoms with van der Waals surface area (Å²) in [5.41, 5.74) is -1.68. The van der Waals surface area contributed by atoms with Crippen LogP contribution in [0.25, 0.3) is 0 Å². The van der Waals surface area contributed by atoms with E-state index >= 15 is 0 Å². The number of hydrogen-bond acceptors (Lipinski definition) is 8. The Labute approximate surface area is 188 Å². The third-order valence-electron chi connectivity index (χ3n) is 4.38. The molecule has 0 amide bonds. The monoisotopic (exact) mass is 466 g/mol. The molecule has 0 aliphatic heterocycles. The topological polar surface area (TPSA) is 184 Å². The van der Waals surface area contributed by atoms with Crippen molar-refractivity contribution in [3.05, 3.63) is 102 Å². The van der Waals surface area contributed by atoms with Gasteiger partial charge in [-0.3, -0.25) is 0 Å². The lowest BCUT2D eigenvalue weighted by Crippen LogP contribution is -2.22. The van der Waals surface area contributed by atoms with Gasteiger partial charge < -0.3 is 9.47 Å². The zero-order valence-corrected chi connectivity index (χ0v) is 17.4. The summed E-state index contributed by atoms with van der Waals surface area (Å²) in [7, 11) is 0. The molecule has 4 aromatic rings. The number of nitrogens with one attached hydrogen (secondary N) is 4. The van der Waals surface area contributed by atoms with E-state index in [4.69, 9.17) is 9.47 Å². The van der Waals surface area contributed by atoms with Crippen molar-refractivity contribution in [3.63, 3.8) is 0 Å². The standard InChI is InChI=1S/C20H18N8O6/c29-17-23-24-18(30)27(17)21-11-13-5-1-3-7-15(13)33-9-10-34-16-8-4-2-6-14(16)12-22-28-19(31)25-26-20(28)32/h1-8,11-12H,9-10H2,(H,23,29)(H,24,30)(H,25,31)(H,26,32)/b21-11+,22-12+. The molecule has 0 saturated carbocycles. The van der Waals surface area contributed by atoms with Gasteiger partial charge in [0.2, 0.25) is 0 Å². The molecule has 2 aromatic carbocycles. The zero-order chi connectivity index (χ0) is 23.9. The Morgan fingerprint density at radius 3 is 1.35 bits per heavy atom. The van der Waals surface area contributed by atoms with Crippen LogP contribution in [0, 0.1) is 0 Å². The lowest BCUT2D eigenvalue weighted by molar-refractivity contribution is 0.217. The molecule has 0 aliphatic carbocycles. The van der Waals surface area contributed by atoms with Crippen molar-refractivity contribution in [3.8, 4) is 11.5 Å². The lowest BCUT2D eigenvalue weighted by Gasteiger charge is -2.11. The van der Waals surface area contributed by atoms with Gasteiger partial charge in [0.15, 0.2) is 0 Å². The van der Waals surface area contributed by atoms with Crippen molar-refractivity contribution >= 4 is 12.4 Å². The number of aromatic nitrogens is 6. The largest absolute Gasteiger partial charge is 0.489 e. The molecular formula is C20H18N8O6. The van der Waals surface area contributed by atoms with E-state index in [0.29, 0.717) is 32.0 Å². The maximum absolute atomic E-state index is 11.5. The molecule has 0 saturated heterocycles. The van der Waals surface area contributed by atoms with Crippen LogP contribution >= 0.6 is 0 Å². The fourth-order valence-corrected chi connectivity index (χ4v) is 2.80. The van der Waals surface area contributed by atoms with E-state index in [0.717, 1.165) is 0 Å². The van der Waals surface area contributed by atoms with Gasteiger partial charge in [0.05, 0.1) is 12.4 Å². The van der Waals surface area contributed by atoms with Crippen molar-refractivity contribution < 1.29 is 9.47 Å². The second-order valence-corrected chi connectivity index (χ2v) is 6.61. The number of aromatic amines is 4. The highest BCUT2D eigenvalue weighted by Crippen LogP contribution is 2.18. The Balaban J connectivity index is 1.40. The predicted octanol–water partition coefficient (Wildman–Crippen LogP) is -0.735. The minimum absolute atomic E-state index is 0.165. The molecular weight excluding hydrogens is 448 g/mol. The summed E-state index contributed by atoms with van der Waals surface area (Å²) >= 11 is 0. The maximum Gasteiger partial charge on any atom is 0.365 e. The smallest absolute Gasteiger partial charge is 0.365 e. The Morgan fingerprint density at radius 2 is 0.971 bits per heavy atom. The van der Waals surface area contributed by atoms with E-state index in [-0.39, 0.29) is 13.2 Å². The zero-order valence-electron chi connectivity index (χ0n) is 17.4. The Hall–Kier alpha value is -5.14. The molecule has 0 bridgehead atoms. The predicted molar refractivity (Wildman–Crippen MR) is 121 cm³/mol. The van der Waals surface area contributed by atoms with Crippen LogP contribution in [0.5, 0.6) is 11.5 Å². The molecule has 0 fully saturated rings. The lowest BCUT2D eigenvalue weighted by atomic mass is 10.2. The van der Waals surface area contributed by atoms with Gasteiger partial charge in [-0.2, -0.15) is 10.2 Å². The van der Waals surface area contributed by atoms with Gasteiger partial charge in [-0.1, -0.05) is 24.3 Å². The van der Waals surface area contributed by atoms with Gasteiger partial charge in [0.25, 0.3) is 0 Å². The van der Waals surface area contributed by atoms with Crippen LogP contribution in [0.3, 0.4) is 0 Å². The van der Waals surface area contributed by atoms with E-state index in [9.17, 15) is 19.2 Å². The summed E-state index contributed by atoms with van der Waals surface area (Å²) in [6.45, 7) is 0.329. The van der Waals surface area contributed by atoms with E-state index in [1.807, 2.05) is 0 Å². The number of ether oxygens (including phenoxy) is 2. The first-order chi connectivity index (χ1) is 16.5. The van der Waals surface area contributed by atoms with Crippen LogP contribution < -0.4 is 32.2 Å². The van der Waals surface area contributed by atoms with E-state index in [1.165, 1.54) is 12.4 Å². The number of benzene rings is 2. The molecule has 0 spiro atoms. The van der Waals surface area contributed by atoms with Crippen LogP contribution in [-0.4, -0.2) is 55.4 Å². The molecule has 4 N–H and O–H groups in total. The second kappa shape index (κ2) is 9.99. The van der Waals surface area contributed by atoms with Crippen molar-refractivity contribution in [2.24, 2.45) is 10.2 Å². The van der Waals surface area contributed by atoms with Crippen LogP contribution in [0.4, 0.5) is 0 Å². The Kier molecular flexibility index (Phi) is 6.48. The van der Waals surface area contributed by atoms with E-state index in [1.54, 1.807) is 48.5 Å². The summed E-state index contributed by atoms with van der Waals surface area (Å²) in [5, 5.41) is 16.3. The molecule has 34 heavy (non-hydrogen) atoms. The first kappa shape index (κ1) is 22.1. The van der Waals surface area contributed by atoms with Crippen molar-refractivity contribution in [2.75, 3.05) is 13.2 Å². The van der Waals surface area contributed by atoms with Crippen LogP contribution in [0.15, 0.2) is 77.9 Å². The highest BCUT2D eigenvalue weighted by molar-refractivity contribution is 5.83. The number of hydrogen-bond donors (Lipinski definition) is 4. The molecule has 0 unspecified atom stereocenters. The normalized spacial score (nSPS) is 11.4. The average molecular weight is 466 g/mol. The van der Waals surface area contributed by atoms with Gasteiger partial charge in [-0.05, 0) is 24.3 Å². The first-order valence-electron chi connectivity index (χ1n) is 9.84. The van der Waals surface area contributed by atoms with E-state index < -0.39 is 22.8 Å². The summed E-state index contributed by atoms with van der Waals surface area (Å²) in [6.07, 6.45) is 2.66. The van der Waals surface area contributed by atoms with Crippen molar-refractivity contribution in [1.82, 2.24) is 29.7 Å². The minimum atomic E-state index is -0.693. The summed E-state index contributed by atoms with van der Waals surface area (Å²) in [5.74, 6) is 0.937. The molecule has 0 radical (unpaired) electrons. The first-order valence-corrected chi connectivity index (χ1v) is 9.84. The van der Waals surface area contributed by atoms with Crippen molar-refractivity contribution in [2.45, 2.75) is 0 Å². The fraction of sp³-hybridized carbons (Fsp3) is 0.100. The molecule has 14 nitrogen and oxygen atoms in total. The van der Waals surface area contributed by atoms with Gasteiger partial charge in [0, 0.05) is 11.1 Å². The SMILES string of the molecule is O=c1[nH][nH]c(=O)n1/N=C/c1ccccc1OCCOc1ccccc1/C=N/n1c(=O)[nH][nH]c1=O. The summed E-state index contributed by atoms with van der Waals surface area (Å²) < 4.78 is 12.8. The maximum atomic E-state index is 11.5. The Bertz CT molecular complexity index is 1390. The molecule has 0 aliphatic rings.